The van der Waals surface area contributed by atoms with Crippen LogP contribution in [0.15, 0.2) is 0 Å². The average molecular weight is 350 g/mol. The number of nitrogens with one attached hydrogen (secondary N) is 1. The van der Waals surface area contributed by atoms with Gasteiger partial charge in [0.25, 0.3) is 0 Å². The zero-order valence-corrected chi connectivity index (χ0v) is 10.7. The summed E-state index contributed by atoms with van der Waals surface area (Å²) < 4.78 is 4.03. The molecule has 0 aromatic carbocycles. The topological polar surface area (TPSA) is 214 Å². The third-order valence-corrected chi connectivity index (χ3v) is 1.79. The summed E-state index contributed by atoms with van der Waals surface area (Å²) in [5.74, 6) is -5.66. The van der Waals surface area contributed by atoms with Crippen LogP contribution in [0.1, 0.15) is 19.8 Å². The summed E-state index contributed by atoms with van der Waals surface area (Å²) in [6.45, 7) is 0.892. The Kier molecular flexibility index (Phi) is 13.5. The molecule has 0 aliphatic rings. The Labute approximate surface area is 166 Å². The summed E-state index contributed by atoms with van der Waals surface area (Å²) in [7, 11) is 0. The van der Waals surface area contributed by atoms with E-state index in [1.54, 1.807) is 0 Å². The van der Waals surface area contributed by atoms with Gasteiger partial charge in [-0.1, -0.05) is 0 Å². The number of hydroxylamine groups is 1. The molecule has 7 N–H and O–H groups in total. The predicted octanol–water partition coefficient (Wildman–Crippen LogP) is -3.67. The first-order valence-corrected chi connectivity index (χ1v) is 4.99. The summed E-state index contributed by atoms with van der Waals surface area (Å²) in [5, 5.41) is 18.4. The Balaban J connectivity index is -0.00000180. The van der Waals surface area contributed by atoms with Crippen molar-refractivity contribution in [3.63, 3.8) is 0 Å². The second-order valence-corrected chi connectivity index (χ2v) is 3.60. The molecule has 0 fully saturated rings. The number of rotatable bonds is 5. The van der Waals surface area contributed by atoms with Crippen molar-refractivity contribution in [1.82, 2.24) is 5.48 Å². The zero-order valence-electron chi connectivity index (χ0n) is 10.7. The molecule has 0 aliphatic heterocycles. The number of aliphatic hydroxyl groups is 1. The van der Waals surface area contributed by atoms with Gasteiger partial charge < -0.3 is 31.0 Å². The van der Waals surface area contributed by atoms with Crippen molar-refractivity contribution in [3.8, 4) is 0 Å². The SMILES string of the molecule is CC(=O)OC(=O)CC(O)(CC(=O)ONC(N)=O)C(=O)O.O.[KH]. The van der Waals surface area contributed by atoms with E-state index in [4.69, 9.17) is 5.11 Å². The minimum absolute atomic E-state index is 0. The number of carbonyl (C=O) groups excluding carboxylic acids is 4. The third-order valence-electron chi connectivity index (χ3n) is 1.79. The number of urea groups is 1. The fourth-order valence-electron chi connectivity index (χ4n) is 1.03. The van der Waals surface area contributed by atoms with Crippen LogP contribution in [0.5, 0.6) is 0 Å². The number of esters is 2. The van der Waals surface area contributed by atoms with Crippen LogP contribution in [0.3, 0.4) is 0 Å². The molecule has 12 nitrogen and oxygen atoms in total. The number of primary amides is 1. The number of hydrogen-bond donors (Lipinski definition) is 4. The Morgan fingerprint density at radius 2 is 1.59 bits per heavy atom. The van der Waals surface area contributed by atoms with Crippen molar-refractivity contribution in [1.29, 1.82) is 0 Å². The van der Waals surface area contributed by atoms with Gasteiger partial charge in [-0.15, -0.1) is 0 Å². The number of carboxylic acid groups (broad SMARTS) is 1. The van der Waals surface area contributed by atoms with Gasteiger partial charge in [-0.2, -0.15) is 5.48 Å². The van der Waals surface area contributed by atoms with Crippen LogP contribution in [0.2, 0.25) is 0 Å². The molecule has 2 amide bonds. The van der Waals surface area contributed by atoms with Crippen LogP contribution in [0.4, 0.5) is 4.79 Å². The van der Waals surface area contributed by atoms with Crippen LogP contribution in [-0.2, 0) is 28.8 Å². The van der Waals surface area contributed by atoms with Crippen molar-refractivity contribution in [3.05, 3.63) is 0 Å². The van der Waals surface area contributed by atoms with E-state index in [2.05, 4.69) is 15.3 Å². The van der Waals surface area contributed by atoms with Crippen LogP contribution in [0, 0.1) is 0 Å². The molecule has 1 atom stereocenters. The molecule has 0 bridgehead atoms. The third kappa shape index (κ3) is 10.6. The molecule has 0 aliphatic carbocycles. The average Bonchev–Trinajstić information content (AvgIpc) is 2.24. The molecule has 0 aromatic rings. The molecular formula is C9H15KN2O10. The maximum absolute atomic E-state index is 11.1. The Bertz CT molecular complexity index is 454. The van der Waals surface area contributed by atoms with Gasteiger partial charge in [-0.3, -0.25) is 9.59 Å². The number of hydrogen-bond acceptors (Lipinski definition) is 8. The van der Waals surface area contributed by atoms with Crippen LogP contribution in [-0.4, -0.2) is 103 Å². The molecule has 0 rings (SSSR count). The Hall–Kier alpha value is -1.09. The van der Waals surface area contributed by atoms with Crippen LogP contribution < -0.4 is 11.2 Å². The van der Waals surface area contributed by atoms with Gasteiger partial charge in [0.15, 0.2) is 5.60 Å². The van der Waals surface area contributed by atoms with Gasteiger partial charge in [0.2, 0.25) is 0 Å². The summed E-state index contributed by atoms with van der Waals surface area (Å²) >= 11 is 0. The molecule has 1 unspecified atom stereocenters. The summed E-state index contributed by atoms with van der Waals surface area (Å²) in [4.78, 5) is 57.8. The second kappa shape index (κ2) is 11.5. The molecule has 0 spiro atoms. The van der Waals surface area contributed by atoms with Crippen molar-refractivity contribution in [2.75, 3.05) is 0 Å². The molecule has 0 radical (unpaired) electrons. The van der Waals surface area contributed by atoms with Crippen molar-refractivity contribution in [2.45, 2.75) is 25.4 Å². The first-order chi connectivity index (χ1) is 9.06. The second-order valence-electron chi connectivity index (χ2n) is 3.60. The zero-order chi connectivity index (χ0) is 15.9. The number of ether oxygens (including phenoxy) is 1. The Morgan fingerprint density at radius 3 is 1.95 bits per heavy atom. The molecule has 0 heterocycles. The Morgan fingerprint density at radius 1 is 1.14 bits per heavy atom. The molecule has 0 saturated heterocycles. The fourth-order valence-corrected chi connectivity index (χ4v) is 1.03. The number of aliphatic carboxylic acids is 1. The van der Waals surface area contributed by atoms with E-state index in [9.17, 15) is 29.1 Å². The van der Waals surface area contributed by atoms with Crippen molar-refractivity contribution >= 4 is 81.3 Å². The van der Waals surface area contributed by atoms with Gasteiger partial charge in [0.05, 0.1) is 12.8 Å². The summed E-state index contributed by atoms with van der Waals surface area (Å²) in [6, 6.07) is -1.23. The van der Waals surface area contributed by atoms with Crippen LogP contribution >= 0.6 is 0 Å². The molecular weight excluding hydrogens is 335 g/mol. The van der Waals surface area contributed by atoms with Gasteiger partial charge in [0.1, 0.15) is 0 Å². The number of nitrogens with two attached hydrogens (primary N) is 1. The van der Waals surface area contributed by atoms with E-state index < -0.39 is 48.4 Å². The van der Waals surface area contributed by atoms with Gasteiger partial charge in [0, 0.05) is 6.92 Å². The molecule has 0 saturated carbocycles. The standard InChI is InChI=1S/C9H12N2O9.K.H2O.H/c1-4(12)19-5(13)2-9(18,7(15)16)3-6(14)20-11-8(10)17;;;/h18H,2-3H2,1H3,(H,15,16)(H3,10,11,17);;1H2;. The summed E-state index contributed by atoms with van der Waals surface area (Å²) in [5.41, 5.74) is 3.13. The van der Waals surface area contributed by atoms with Gasteiger partial charge in [-0.05, 0) is 0 Å². The monoisotopic (exact) mass is 350 g/mol. The van der Waals surface area contributed by atoms with Gasteiger partial charge in [-0.25, -0.2) is 14.4 Å². The van der Waals surface area contributed by atoms with E-state index in [-0.39, 0.29) is 56.9 Å². The predicted molar refractivity (Wildman–Crippen MR) is 68.2 cm³/mol. The molecule has 122 valence electrons. The number of carboxylic acids is 1. The van der Waals surface area contributed by atoms with E-state index >= 15 is 0 Å². The van der Waals surface area contributed by atoms with E-state index in [1.807, 2.05) is 0 Å². The van der Waals surface area contributed by atoms with E-state index in [1.165, 1.54) is 5.48 Å². The number of amides is 2. The number of carbonyl (C=O) groups is 5. The van der Waals surface area contributed by atoms with Gasteiger partial charge >= 0.3 is 81.3 Å². The first-order valence-electron chi connectivity index (χ1n) is 4.99. The first kappa shape index (κ1) is 25.8. The van der Waals surface area contributed by atoms with Crippen molar-refractivity contribution in [2.24, 2.45) is 5.73 Å². The molecule has 22 heavy (non-hydrogen) atoms. The van der Waals surface area contributed by atoms with E-state index in [0.717, 1.165) is 6.92 Å². The molecule has 13 heteroatoms. The fraction of sp³-hybridized carbons (Fsp3) is 0.444. The van der Waals surface area contributed by atoms with Crippen molar-refractivity contribution < 1.29 is 49.2 Å². The molecule has 0 aromatic heterocycles. The normalized spacial score (nSPS) is 11.5. The maximum atomic E-state index is 11.1. The van der Waals surface area contributed by atoms with E-state index in [0.29, 0.717) is 0 Å². The van der Waals surface area contributed by atoms with Crippen LogP contribution in [0.25, 0.3) is 0 Å². The summed E-state index contributed by atoms with van der Waals surface area (Å²) in [6.07, 6.45) is -2.36. The minimum atomic E-state index is -2.86. The quantitative estimate of drug-likeness (QED) is 0.166.